The van der Waals surface area contributed by atoms with Crippen LogP contribution >= 0.6 is 11.6 Å². The minimum Gasteiger partial charge on any atom is -0.385 e. The molecule has 2 rings (SSSR count). The van der Waals surface area contributed by atoms with Crippen molar-refractivity contribution in [1.82, 2.24) is 4.90 Å². The van der Waals surface area contributed by atoms with Crippen LogP contribution in [-0.2, 0) is 11.2 Å². The molecule has 0 unspecified atom stereocenters. The minimum absolute atomic E-state index is 0.127. The van der Waals surface area contributed by atoms with E-state index in [1.165, 1.54) is 0 Å². The number of anilines is 1. The summed E-state index contributed by atoms with van der Waals surface area (Å²) in [6, 6.07) is 14.9. The van der Waals surface area contributed by atoms with Crippen molar-refractivity contribution in [3.63, 3.8) is 0 Å². The Balaban J connectivity index is 1.90. The van der Waals surface area contributed by atoms with Gasteiger partial charge in [0.2, 0.25) is 0 Å². The lowest BCUT2D eigenvalue weighted by Crippen LogP contribution is -2.23. The van der Waals surface area contributed by atoms with E-state index in [-0.39, 0.29) is 5.91 Å². The highest BCUT2D eigenvalue weighted by molar-refractivity contribution is 6.30. The maximum Gasteiger partial charge on any atom is 0.255 e. The Morgan fingerprint density at radius 1 is 1.16 bits per heavy atom. The van der Waals surface area contributed by atoms with Gasteiger partial charge in [0.15, 0.2) is 0 Å². The molecule has 1 amide bonds. The van der Waals surface area contributed by atoms with E-state index in [4.69, 9.17) is 16.3 Å². The lowest BCUT2D eigenvalue weighted by atomic mass is 10.1. The number of carbonyl (C=O) groups excluding carboxylic acids is 1. The van der Waals surface area contributed by atoms with Crippen LogP contribution in [0, 0.1) is 0 Å². The average molecular weight is 361 g/mol. The monoisotopic (exact) mass is 360 g/mol. The molecule has 0 aromatic heterocycles. The number of halogens is 1. The first-order valence-electron chi connectivity index (χ1n) is 8.42. The summed E-state index contributed by atoms with van der Waals surface area (Å²) in [5, 5.41) is 3.48. The SMILES string of the molecule is COCCCN(C)CCc1cccc(C(=O)Nc2cccc(Cl)c2)c1. The van der Waals surface area contributed by atoms with E-state index in [0.717, 1.165) is 38.1 Å². The van der Waals surface area contributed by atoms with E-state index >= 15 is 0 Å². The van der Waals surface area contributed by atoms with Crippen LogP contribution in [-0.4, -0.2) is 44.7 Å². The summed E-state index contributed by atoms with van der Waals surface area (Å²) in [6.45, 7) is 2.73. The van der Waals surface area contributed by atoms with Gasteiger partial charge in [-0.3, -0.25) is 4.79 Å². The molecule has 134 valence electrons. The van der Waals surface area contributed by atoms with E-state index in [2.05, 4.69) is 23.3 Å². The number of hydrogen-bond donors (Lipinski definition) is 1. The van der Waals surface area contributed by atoms with Gasteiger partial charge in [0.1, 0.15) is 0 Å². The van der Waals surface area contributed by atoms with Crippen molar-refractivity contribution in [2.24, 2.45) is 0 Å². The normalized spacial score (nSPS) is 10.9. The van der Waals surface area contributed by atoms with Crippen LogP contribution < -0.4 is 5.32 Å². The van der Waals surface area contributed by atoms with E-state index in [9.17, 15) is 4.79 Å². The second kappa shape index (κ2) is 10.2. The zero-order chi connectivity index (χ0) is 18.1. The first kappa shape index (κ1) is 19.4. The van der Waals surface area contributed by atoms with Crippen LogP contribution in [0.1, 0.15) is 22.3 Å². The largest absolute Gasteiger partial charge is 0.385 e. The van der Waals surface area contributed by atoms with Crippen LogP contribution in [0.5, 0.6) is 0 Å². The average Bonchev–Trinajstić information content (AvgIpc) is 2.60. The summed E-state index contributed by atoms with van der Waals surface area (Å²) in [6.07, 6.45) is 1.93. The number of nitrogens with zero attached hydrogens (tertiary/aromatic N) is 1. The molecule has 4 nitrogen and oxygen atoms in total. The number of likely N-dealkylation sites (N-methyl/N-ethyl adjacent to an activating group) is 1. The van der Waals surface area contributed by atoms with Crippen molar-refractivity contribution >= 4 is 23.2 Å². The van der Waals surface area contributed by atoms with E-state index in [0.29, 0.717) is 16.3 Å². The number of hydrogen-bond acceptors (Lipinski definition) is 3. The molecular formula is C20H25ClN2O2. The van der Waals surface area contributed by atoms with Crippen molar-refractivity contribution in [2.75, 3.05) is 39.2 Å². The van der Waals surface area contributed by atoms with Crippen molar-refractivity contribution in [1.29, 1.82) is 0 Å². The molecule has 0 heterocycles. The molecule has 0 fully saturated rings. The lowest BCUT2D eigenvalue weighted by Gasteiger charge is -2.16. The molecule has 0 atom stereocenters. The first-order valence-corrected chi connectivity index (χ1v) is 8.79. The summed E-state index contributed by atoms with van der Waals surface area (Å²) in [4.78, 5) is 14.7. The van der Waals surface area contributed by atoms with Gasteiger partial charge in [-0.25, -0.2) is 0 Å². The highest BCUT2D eigenvalue weighted by Gasteiger charge is 2.08. The number of ether oxygens (including phenoxy) is 1. The van der Waals surface area contributed by atoms with Crippen molar-refractivity contribution in [3.8, 4) is 0 Å². The Bertz CT molecular complexity index is 691. The molecule has 2 aromatic carbocycles. The van der Waals surface area contributed by atoms with Crippen molar-refractivity contribution < 1.29 is 9.53 Å². The van der Waals surface area contributed by atoms with Crippen molar-refractivity contribution in [3.05, 3.63) is 64.7 Å². The van der Waals surface area contributed by atoms with Gasteiger partial charge in [0, 0.05) is 43.1 Å². The summed E-state index contributed by atoms with van der Waals surface area (Å²) in [5.41, 5.74) is 2.50. The zero-order valence-corrected chi connectivity index (χ0v) is 15.6. The van der Waals surface area contributed by atoms with E-state index < -0.39 is 0 Å². The zero-order valence-electron chi connectivity index (χ0n) is 14.8. The maximum atomic E-state index is 12.4. The lowest BCUT2D eigenvalue weighted by molar-refractivity contribution is 0.102. The van der Waals surface area contributed by atoms with E-state index in [1.54, 1.807) is 19.2 Å². The third-order valence-electron chi connectivity index (χ3n) is 3.94. The Labute approximate surface area is 154 Å². The van der Waals surface area contributed by atoms with Gasteiger partial charge < -0.3 is 15.0 Å². The van der Waals surface area contributed by atoms with Gasteiger partial charge in [0.05, 0.1) is 0 Å². The summed E-state index contributed by atoms with van der Waals surface area (Å²) in [7, 11) is 3.82. The number of nitrogens with one attached hydrogen (secondary N) is 1. The highest BCUT2D eigenvalue weighted by atomic mass is 35.5. The summed E-state index contributed by atoms with van der Waals surface area (Å²) in [5.74, 6) is -0.127. The first-order chi connectivity index (χ1) is 12.1. The fourth-order valence-electron chi connectivity index (χ4n) is 2.55. The number of benzene rings is 2. The highest BCUT2D eigenvalue weighted by Crippen LogP contribution is 2.16. The molecule has 0 aliphatic rings. The van der Waals surface area contributed by atoms with Crippen molar-refractivity contribution in [2.45, 2.75) is 12.8 Å². The molecule has 0 aliphatic carbocycles. The Morgan fingerprint density at radius 2 is 1.96 bits per heavy atom. The molecule has 2 aromatic rings. The third-order valence-corrected chi connectivity index (χ3v) is 4.18. The van der Waals surface area contributed by atoms with Gasteiger partial charge in [-0.2, -0.15) is 0 Å². The summed E-state index contributed by atoms with van der Waals surface area (Å²) >= 11 is 5.95. The van der Waals surface area contributed by atoms with Crippen LogP contribution in [0.25, 0.3) is 0 Å². The van der Waals surface area contributed by atoms with Gasteiger partial charge in [-0.05, 0) is 55.8 Å². The van der Waals surface area contributed by atoms with Crippen LogP contribution in [0.2, 0.25) is 5.02 Å². The third kappa shape index (κ3) is 6.86. The smallest absolute Gasteiger partial charge is 0.255 e. The fraction of sp³-hybridized carbons (Fsp3) is 0.350. The molecule has 0 bridgehead atoms. The second-order valence-corrected chi connectivity index (χ2v) is 6.50. The maximum absolute atomic E-state index is 12.4. The number of carbonyl (C=O) groups is 1. The molecule has 0 saturated carbocycles. The molecule has 0 spiro atoms. The topological polar surface area (TPSA) is 41.6 Å². The minimum atomic E-state index is -0.127. The van der Waals surface area contributed by atoms with Gasteiger partial charge >= 0.3 is 0 Å². The number of rotatable bonds is 9. The molecule has 0 aliphatic heterocycles. The molecular weight excluding hydrogens is 336 g/mol. The fourth-order valence-corrected chi connectivity index (χ4v) is 2.74. The number of amides is 1. The van der Waals surface area contributed by atoms with Crippen LogP contribution in [0.4, 0.5) is 5.69 Å². The predicted molar refractivity (Wildman–Crippen MR) is 104 cm³/mol. The predicted octanol–water partition coefficient (Wildman–Crippen LogP) is 4.10. The molecule has 0 saturated heterocycles. The second-order valence-electron chi connectivity index (χ2n) is 6.06. The quantitative estimate of drug-likeness (QED) is 0.684. The summed E-state index contributed by atoms with van der Waals surface area (Å²) < 4.78 is 5.07. The Kier molecular flexibility index (Phi) is 7.92. The molecule has 25 heavy (non-hydrogen) atoms. The van der Waals surface area contributed by atoms with Crippen LogP contribution in [0.15, 0.2) is 48.5 Å². The number of methoxy groups -OCH3 is 1. The molecule has 5 heteroatoms. The van der Waals surface area contributed by atoms with Gasteiger partial charge in [-0.1, -0.05) is 29.8 Å². The van der Waals surface area contributed by atoms with E-state index in [1.807, 2.05) is 30.3 Å². The standard InChI is InChI=1S/C20H25ClN2O2/c1-23(11-5-13-25-2)12-10-16-6-3-7-17(14-16)20(24)22-19-9-4-8-18(21)15-19/h3-4,6-9,14-15H,5,10-13H2,1-2H3,(H,22,24). The Morgan fingerprint density at radius 3 is 2.72 bits per heavy atom. The van der Waals surface area contributed by atoms with Gasteiger partial charge in [-0.15, -0.1) is 0 Å². The van der Waals surface area contributed by atoms with Gasteiger partial charge in [0.25, 0.3) is 5.91 Å². The molecule has 0 radical (unpaired) electrons. The molecule has 1 N–H and O–H groups in total. The Hall–Kier alpha value is -1.88. The van der Waals surface area contributed by atoms with Crippen LogP contribution in [0.3, 0.4) is 0 Å².